The first-order valence-corrected chi connectivity index (χ1v) is 11.2. The first-order chi connectivity index (χ1) is 13.2. The Hall–Kier alpha value is -0.910. The van der Waals surface area contributed by atoms with E-state index in [1.165, 1.54) is 0 Å². The third-order valence-corrected chi connectivity index (χ3v) is 10.0. The van der Waals surface area contributed by atoms with Crippen LogP contribution in [0.3, 0.4) is 0 Å². The largest absolute Gasteiger partial charge is 0.458 e. The first-order valence-electron chi connectivity index (χ1n) is 11.2. The van der Waals surface area contributed by atoms with Gasteiger partial charge in [0.25, 0.3) is 0 Å². The van der Waals surface area contributed by atoms with Crippen LogP contribution in [0, 0.1) is 34.5 Å². The Morgan fingerprint density at radius 1 is 1.04 bits per heavy atom. The maximum atomic E-state index is 12.1. The first kappa shape index (κ1) is 19.1. The Kier molecular flexibility index (Phi) is 4.12. The second-order valence-electron chi connectivity index (χ2n) is 10.8. The van der Waals surface area contributed by atoms with E-state index in [9.17, 15) is 20.1 Å². The fraction of sp³-hybridized carbons (Fsp3) is 0.870. The zero-order chi connectivity index (χ0) is 19.9. The number of aliphatic hydroxyl groups excluding tert-OH is 2. The van der Waals surface area contributed by atoms with Crippen LogP contribution in [0.1, 0.15) is 65.2 Å². The lowest BCUT2D eigenvalue weighted by Gasteiger charge is -2.64. The summed E-state index contributed by atoms with van der Waals surface area (Å²) in [5, 5.41) is 33.7. The van der Waals surface area contributed by atoms with Crippen molar-refractivity contribution in [1.29, 1.82) is 0 Å². The summed E-state index contributed by atoms with van der Waals surface area (Å²) in [6, 6.07) is 0. The molecule has 0 bridgehead atoms. The Labute approximate surface area is 167 Å². The molecule has 0 aromatic heterocycles. The Morgan fingerprint density at radius 2 is 1.82 bits per heavy atom. The zero-order valence-corrected chi connectivity index (χ0v) is 17.1. The maximum absolute atomic E-state index is 12.1. The van der Waals surface area contributed by atoms with Crippen molar-refractivity contribution in [3.05, 3.63) is 11.6 Å². The van der Waals surface area contributed by atoms with Gasteiger partial charge < -0.3 is 20.1 Å². The van der Waals surface area contributed by atoms with Crippen molar-refractivity contribution >= 4 is 5.97 Å². The van der Waals surface area contributed by atoms with Crippen LogP contribution in [-0.4, -0.2) is 45.7 Å². The van der Waals surface area contributed by atoms with Crippen LogP contribution in [0.25, 0.3) is 0 Å². The molecule has 0 unspecified atom stereocenters. The summed E-state index contributed by atoms with van der Waals surface area (Å²) in [6.45, 7) is 4.69. The van der Waals surface area contributed by atoms with E-state index in [0.29, 0.717) is 31.3 Å². The average molecular weight is 391 g/mol. The number of esters is 1. The smallest absolute Gasteiger partial charge is 0.331 e. The fourth-order valence-electron chi connectivity index (χ4n) is 8.37. The molecule has 1 heterocycles. The lowest BCUT2D eigenvalue weighted by molar-refractivity contribution is -0.244. The normalized spacial score (nSPS) is 55.8. The summed E-state index contributed by atoms with van der Waals surface area (Å²) in [7, 11) is 0. The van der Waals surface area contributed by atoms with Crippen molar-refractivity contribution in [1.82, 2.24) is 0 Å². The van der Waals surface area contributed by atoms with Gasteiger partial charge in [-0.1, -0.05) is 13.8 Å². The molecule has 0 spiro atoms. The van der Waals surface area contributed by atoms with Crippen molar-refractivity contribution in [3.8, 4) is 0 Å². The van der Waals surface area contributed by atoms with Crippen LogP contribution >= 0.6 is 0 Å². The Bertz CT molecular complexity index is 718. The summed E-state index contributed by atoms with van der Waals surface area (Å²) >= 11 is 0. The lowest BCUT2D eigenvalue weighted by atomic mass is 9.42. The number of fused-ring (bicyclic) bond motifs is 5. The number of hydrogen-bond acceptors (Lipinski definition) is 5. The van der Waals surface area contributed by atoms with Gasteiger partial charge in [-0.2, -0.15) is 0 Å². The van der Waals surface area contributed by atoms with E-state index >= 15 is 0 Å². The molecule has 4 saturated carbocycles. The van der Waals surface area contributed by atoms with Gasteiger partial charge in [-0.15, -0.1) is 0 Å². The molecule has 3 N–H and O–H groups in total. The minimum absolute atomic E-state index is 0.00129. The van der Waals surface area contributed by atoms with E-state index in [1.54, 1.807) is 6.08 Å². The van der Waals surface area contributed by atoms with Crippen molar-refractivity contribution in [2.45, 2.75) is 83.0 Å². The minimum Gasteiger partial charge on any atom is -0.458 e. The predicted molar refractivity (Wildman–Crippen MR) is 103 cm³/mol. The third-order valence-electron chi connectivity index (χ3n) is 10.0. The summed E-state index contributed by atoms with van der Waals surface area (Å²) in [4.78, 5) is 11.6. The van der Waals surface area contributed by atoms with E-state index in [2.05, 4.69) is 6.92 Å². The number of aliphatic hydroxyl groups is 3. The fourth-order valence-corrected chi connectivity index (χ4v) is 8.37. The number of rotatable bonds is 1. The molecule has 5 heteroatoms. The zero-order valence-electron chi connectivity index (χ0n) is 17.1. The number of carbonyl (C=O) groups excluding carboxylic acids is 1. The van der Waals surface area contributed by atoms with Crippen molar-refractivity contribution < 1.29 is 24.9 Å². The van der Waals surface area contributed by atoms with Gasteiger partial charge in [0.1, 0.15) is 6.61 Å². The Balaban J connectivity index is 1.51. The van der Waals surface area contributed by atoms with Crippen molar-refractivity contribution in [3.63, 3.8) is 0 Å². The van der Waals surface area contributed by atoms with Gasteiger partial charge in [0.2, 0.25) is 0 Å². The third kappa shape index (κ3) is 2.27. The lowest BCUT2D eigenvalue weighted by Crippen LogP contribution is -2.67. The van der Waals surface area contributed by atoms with Gasteiger partial charge >= 0.3 is 5.97 Å². The molecule has 0 aromatic carbocycles. The van der Waals surface area contributed by atoms with Gasteiger partial charge in [-0.3, -0.25) is 0 Å². The summed E-state index contributed by atoms with van der Waals surface area (Å²) in [5.74, 6) is 0.657. The average Bonchev–Trinajstić information content (AvgIpc) is 3.19. The molecule has 28 heavy (non-hydrogen) atoms. The van der Waals surface area contributed by atoms with Gasteiger partial charge in [0.05, 0.1) is 17.8 Å². The second-order valence-corrected chi connectivity index (χ2v) is 10.8. The topological polar surface area (TPSA) is 87.0 Å². The highest BCUT2D eigenvalue weighted by atomic mass is 16.5. The van der Waals surface area contributed by atoms with Crippen molar-refractivity contribution in [2.75, 3.05) is 6.61 Å². The number of carbonyl (C=O) groups is 1. The van der Waals surface area contributed by atoms with Crippen LogP contribution in [0.15, 0.2) is 11.6 Å². The van der Waals surface area contributed by atoms with Crippen molar-refractivity contribution in [2.24, 2.45) is 34.5 Å². The molecular weight excluding hydrogens is 356 g/mol. The standard InChI is InChI=1S/C23H34O5/c1-21-7-5-15(24)10-14(21)3-4-17-18(21)11-19(25)22(2)16(6-8-23(17,22)27)13-9-20(26)28-12-13/h9,14-19,24-25,27H,3-8,10-12H2,1-2H3/t14-,15+,16+,17+,18-,19-,21-,22+,23-/m0/s1. The molecule has 0 amide bonds. The van der Waals surface area contributed by atoms with Crippen LogP contribution < -0.4 is 0 Å². The summed E-state index contributed by atoms with van der Waals surface area (Å²) in [5.41, 5.74) is -0.507. The van der Waals surface area contributed by atoms with E-state index in [1.807, 2.05) is 6.92 Å². The van der Waals surface area contributed by atoms with Gasteiger partial charge in [0, 0.05) is 11.5 Å². The molecule has 0 aromatic rings. The highest BCUT2D eigenvalue weighted by Gasteiger charge is 2.70. The van der Waals surface area contributed by atoms with Gasteiger partial charge in [-0.25, -0.2) is 4.79 Å². The monoisotopic (exact) mass is 390 g/mol. The van der Waals surface area contributed by atoms with Crippen LogP contribution in [0.5, 0.6) is 0 Å². The van der Waals surface area contributed by atoms with Gasteiger partial charge in [-0.05, 0) is 86.0 Å². The van der Waals surface area contributed by atoms with Crippen LogP contribution in [0.2, 0.25) is 0 Å². The van der Waals surface area contributed by atoms with Crippen LogP contribution in [0.4, 0.5) is 0 Å². The molecule has 4 aliphatic carbocycles. The molecule has 5 rings (SSSR count). The van der Waals surface area contributed by atoms with E-state index in [4.69, 9.17) is 4.74 Å². The molecule has 1 aliphatic heterocycles. The molecular formula is C23H34O5. The van der Waals surface area contributed by atoms with Crippen LogP contribution in [-0.2, 0) is 9.53 Å². The highest BCUT2D eigenvalue weighted by Crippen LogP contribution is 2.69. The number of cyclic esters (lactones) is 1. The molecule has 156 valence electrons. The highest BCUT2D eigenvalue weighted by molar-refractivity contribution is 5.85. The Morgan fingerprint density at radius 3 is 2.54 bits per heavy atom. The SMILES string of the molecule is C[C@]12CC[C@@H](O)C[C@@H]1CC[C@@H]1[C@@H]2C[C@H](O)[C@@]2(C)[C@@H](C3=CC(=O)OC3)CC[C@]12O. The summed E-state index contributed by atoms with van der Waals surface area (Å²) < 4.78 is 5.16. The number of ether oxygens (including phenoxy) is 1. The number of hydrogen-bond donors (Lipinski definition) is 3. The van der Waals surface area contributed by atoms with E-state index < -0.39 is 17.1 Å². The maximum Gasteiger partial charge on any atom is 0.331 e. The molecule has 0 saturated heterocycles. The van der Waals surface area contributed by atoms with E-state index in [0.717, 1.165) is 44.1 Å². The van der Waals surface area contributed by atoms with E-state index in [-0.39, 0.29) is 29.3 Å². The molecule has 4 fully saturated rings. The molecule has 9 atom stereocenters. The molecule has 5 aliphatic rings. The molecule has 0 radical (unpaired) electrons. The minimum atomic E-state index is -0.906. The second kappa shape index (κ2) is 6.05. The quantitative estimate of drug-likeness (QED) is 0.599. The predicted octanol–water partition coefficient (Wildman–Crippen LogP) is 2.58. The molecule has 5 nitrogen and oxygen atoms in total. The van der Waals surface area contributed by atoms with Gasteiger partial charge in [0.15, 0.2) is 0 Å². The summed E-state index contributed by atoms with van der Waals surface area (Å²) in [6.07, 6.45) is 7.69.